The van der Waals surface area contributed by atoms with Gasteiger partial charge in [0.1, 0.15) is 5.76 Å². The number of hydrogen-bond donors (Lipinski definition) is 0. The van der Waals surface area contributed by atoms with Gasteiger partial charge < -0.3 is 4.42 Å². The summed E-state index contributed by atoms with van der Waals surface area (Å²) in [5, 5.41) is 0.707. The van der Waals surface area contributed by atoms with Crippen molar-refractivity contribution in [3.05, 3.63) is 82.8 Å². The lowest BCUT2D eigenvalue weighted by atomic mass is 10.0. The maximum atomic E-state index is 13.3. The highest BCUT2D eigenvalue weighted by atomic mass is 32.1. The van der Waals surface area contributed by atoms with E-state index < -0.39 is 0 Å². The van der Waals surface area contributed by atoms with Gasteiger partial charge in [-0.15, -0.1) is 0 Å². The summed E-state index contributed by atoms with van der Waals surface area (Å²) >= 11 is 1.56. The molecule has 0 spiro atoms. The van der Waals surface area contributed by atoms with Crippen LogP contribution in [-0.2, 0) is 17.8 Å². The van der Waals surface area contributed by atoms with Crippen molar-refractivity contribution in [3.63, 3.8) is 0 Å². The topological polar surface area (TPSA) is 46.3 Å². The third-order valence-electron chi connectivity index (χ3n) is 5.24. The first kappa shape index (κ1) is 20.4. The standard InChI is InChI=1S/C25H26N2O2S/c1-16(2)20-9-7-19(8-10-20)14-23(28)27(15-21-6-5-11-29-21)25-26-22-13-17(3)12-18(4)24(22)30-25/h5-13,16H,14-15H2,1-4H3. The van der Waals surface area contributed by atoms with Crippen LogP contribution in [0.3, 0.4) is 0 Å². The Kier molecular flexibility index (Phi) is 5.73. The second kappa shape index (κ2) is 8.44. The zero-order chi connectivity index (χ0) is 21.3. The smallest absolute Gasteiger partial charge is 0.233 e. The molecule has 0 aliphatic heterocycles. The second-order valence-corrected chi connectivity index (χ2v) is 9.04. The zero-order valence-electron chi connectivity index (χ0n) is 17.8. The van der Waals surface area contributed by atoms with Crippen molar-refractivity contribution in [2.75, 3.05) is 4.90 Å². The molecular formula is C25H26N2O2S. The summed E-state index contributed by atoms with van der Waals surface area (Å²) in [6.07, 6.45) is 1.96. The molecule has 1 amide bonds. The lowest BCUT2D eigenvalue weighted by molar-refractivity contribution is -0.118. The number of benzene rings is 2. The van der Waals surface area contributed by atoms with Gasteiger partial charge in [0, 0.05) is 0 Å². The first-order valence-corrected chi connectivity index (χ1v) is 11.0. The van der Waals surface area contributed by atoms with Crippen molar-refractivity contribution < 1.29 is 9.21 Å². The molecule has 0 aliphatic rings. The Hall–Kier alpha value is -2.92. The Bertz CT molecular complexity index is 1160. The van der Waals surface area contributed by atoms with Crippen molar-refractivity contribution in [2.24, 2.45) is 0 Å². The molecule has 30 heavy (non-hydrogen) atoms. The van der Waals surface area contributed by atoms with Crippen molar-refractivity contribution in [3.8, 4) is 0 Å². The molecule has 0 fully saturated rings. The van der Waals surface area contributed by atoms with Gasteiger partial charge in [-0.3, -0.25) is 9.69 Å². The predicted molar refractivity (Wildman–Crippen MR) is 123 cm³/mol. The third-order valence-corrected chi connectivity index (χ3v) is 6.47. The molecule has 0 unspecified atom stereocenters. The van der Waals surface area contributed by atoms with Crippen molar-refractivity contribution >= 4 is 32.6 Å². The predicted octanol–water partition coefficient (Wildman–Crippen LogP) is 6.41. The van der Waals surface area contributed by atoms with Crippen molar-refractivity contribution in [1.29, 1.82) is 0 Å². The average molecular weight is 419 g/mol. The molecule has 4 aromatic rings. The van der Waals surface area contributed by atoms with E-state index in [2.05, 4.69) is 52.0 Å². The highest BCUT2D eigenvalue weighted by Gasteiger charge is 2.22. The maximum absolute atomic E-state index is 13.3. The molecule has 2 aromatic carbocycles. The van der Waals surface area contributed by atoms with E-state index in [1.807, 2.05) is 24.3 Å². The first-order valence-electron chi connectivity index (χ1n) is 10.2. The molecule has 4 nitrogen and oxygen atoms in total. The number of nitrogens with zero attached hydrogens (tertiary/aromatic N) is 2. The van der Waals surface area contributed by atoms with Gasteiger partial charge in [-0.1, -0.05) is 55.5 Å². The number of thiazole rings is 1. The molecule has 2 aromatic heterocycles. The van der Waals surface area contributed by atoms with E-state index in [1.54, 1.807) is 22.5 Å². The third kappa shape index (κ3) is 4.31. The van der Waals surface area contributed by atoms with Gasteiger partial charge in [0.05, 0.1) is 29.4 Å². The van der Waals surface area contributed by atoms with Crippen LogP contribution in [0.5, 0.6) is 0 Å². The minimum absolute atomic E-state index is 0.0112. The zero-order valence-corrected chi connectivity index (χ0v) is 18.6. The van der Waals surface area contributed by atoms with Crippen molar-refractivity contribution in [1.82, 2.24) is 4.98 Å². The molecule has 0 saturated carbocycles. The van der Waals surface area contributed by atoms with Crippen LogP contribution in [0, 0.1) is 13.8 Å². The largest absolute Gasteiger partial charge is 0.467 e. The SMILES string of the molecule is Cc1cc(C)c2sc(N(Cc3ccco3)C(=O)Cc3ccc(C(C)C)cc3)nc2c1. The number of carbonyl (C=O) groups excluding carboxylic acids is 1. The van der Waals surface area contributed by atoms with Crippen LogP contribution in [0.2, 0.25) is 0 Å². The molecular weight excluding hydrogens is 392 g/mol. The van der Waals surface area contributed by atoms with E-state index in [-0.39, 0.29) is 5.91 Å². The molecule has 0 bridgehead atoms. The summed E-state index contributed by atoms with van der Waals surface area (Å²) in [5.74, 6) is 1.22. The van der Waals surface area contributed by atoms with Crippen LogP contribution in [0.4, 0.5) is 5.13 Å². The first-order chi connectivity index (χ1) is 14.4. The van der Waals surface area contributed by atoms with Crippen LogP contribution in [0.15, 0.2) is 59.2 Å². The Balaban J connectivity index is 1.65. The number of furan rings is 1. The number of rotatable bonds is 6. The number of carbonyl (C=O) groups is 1. The number of hydrogen-bond acceptors (Lipinski definition) is 4. The van der Waals surface area contributed by atoms with Crippen molar-refractivity contribution in [2.45, 2.75) is 46.6 Å². The van der Waals surface area contributed by atoms with E-state index >= 15 is 0 Å². The second-order valence-electron chi connectivity index (χ2n) is 8.06. The number of fused-ring (bicyclic) bond motifs is 1. The summed E-state index contributed by atoms with van der Waals surface area (Å²) in [7, 11) is 0. The normalized spacial score (nSPS) is 11.4. The number of anilines is 1. The molecule has 0 radical (unpaired) electrons. The highest BCUT2D eigenvalue weighted by Crippen LogP contribution is 2.33. The van der Waals surface area contributed by atoms with Crippen LogP contribution < -0.4 is 4.90 Å². The van der Waals surface area contributed by atoms with Gasteiger partial charge in [0.2, 0.25) is 5.91 Å². The van der Waals surface area contributed by atoms with Gasteiger partial charge >= 0.3 is 0 Å². The van der Waals surface area contributed by atoms with Crippen LogP contribution >= 0.6 is 11.3 Å². The quantitative estimate of drug-likeness (QED) is 0.364. The number of aryl methyl sites for hydroxylation is 2. The van der Waals surface area contributed by atoms with Gasteiger partial charge in [-0.2, -0.15) is 0 Å². The van der Waals surface area contributed by atoms with E-state index in [9.17, 15) is 4.79 Å². The molecule has 0 saturated heterocycles. The Morgan fingerprint density at radius 2 is 1.90 bits per heavy atom. The fourth-order valence-corrected chi connectivity index (χ4v) is 4.62. The van der Waals surface area contributed by atoms with Gasteiger partial charge in [0.15, 0.2) is 5.13 Å². The summed E-state index contributed by atoms with van der Waals surface area (Å²) in [5.41, 5.74) is 5.57. The van der Waals surface area contributed by atoms with Gasteiger partial charge in [-0.25, -0.2) is 4.98 Å². The highest BCUT2D eigenvalue weighted by molar-refractivity contribution is 7.22. The molecule has 0 atom stereocenters. The van der Waals surface area contributed by atoms with E-state index in [0.717, 1.165) is 21.5 Å². The van der Waals surface area contributed by atoms with Crippen LogP contribution in [0.25, 0.3) is 10.2 Å². The molecule has 0 aliphatic carbocycles. The maximum Gasteiger partial charge on any atom is 0.233 e. The average Bonchev–Trinajstić information content (AvgIpc) is 3.36. The van der Waals surface area contributed by atoms with Crippen LogP contribution in [0.1, 0.15) is 47.8 Å². The molecule has 4 rings (SSSR count). The molecule has 0 N–H and O–H groups in total. The number of amides is 1. The van der Waals surface area contributed by atoms with E-state index in [1.165, 1.54) is 16.7 Å². The summed E-state index contributed by atoms with van der Waals surface area (Å²) in [6, 6.07) is 16.3. The van der Waals surface area contributed by atoms with Gasteiger partial charge in [0.25, 0.3) is 0 Å². The Morgan fingerprint density at radius 1 is 1.13 bits per heavy atom. The molecule has 154 valence electrons. The van der Waals surface area contributed by atoms with E-state index in [4.69, 9.17) is 9.40 Å². The minimum Gasteiger partial charge on any atom is -0.467 e. The lowest BCUT2D eigenvalue weighted by Gasteiger charge is -2.19. The Labute approximate surface area is 181 Å². The summed E-state index contributed by atoms with van der Waals surface area (Å²) in [4.78, 5) is 19.9. The van der Waals surface area contributed by atoms with E-state index in [0.29, 0.717) is 24.0 Å². The fraction of sp³-hybridized carbons (Fsp3) is 0.280. The van der Waals surface area contributed by atoms with Crippen LogP contribution in [-0.4, -0.2) is 10.9 Å². The lowest BCUT2D eigenvalue weighted by Crippen LogP contribution is -2.31. The fourth-order valence-electron chi connectivity index (χ4n) is 3.59. The monoisotopic (exact) mass is 418 g/mol. The number of aromatic nitrogens is 1. The molecule has 5 heteroatoms. The Morgan fingerprint density at radius 3 is 2.57 bits per heavy atom. The molecule has 2 heterocycles. The van der Waals surface area contributed by atoms with Gasteiger partial charge in [-0.05, 0) is 60.2 Å². The summed E-state index contributed by atoms with van der Waals surface area (Å²) in [6.45, 7) is 8.86. The summed E-state index contributed by atoms with van der Waals surface area (Å²) < 4.78 is 6.65. The minimum atomic E-state index is 0.0112.